The molecule has 2 aromatic carbocycles. The zero-order valence-corrected chi connectivity index (χ0v) is 15.5. The van der Waals surface area contributed by atoms with Crippen molar-refractivity contribution < 1.29 is 5.11 Å². The van der Waals surface area contributed by atoms with Crippen LogP contribution in [0.1, 0.15) is 11.1 Å². The van der Waals surface area contributed by atoms with Crippen LogP contribution >= 0.6 is 39.7 Å². The SMILES string of the molecule is Oc1ccc(Br)cc1C=Nn1cnn(Cc2ccccc2Cl)c1=S. The number of phenolic OH excluding ortho intramolecular Hbond substituents is 1. The first-order chi connectivity index (χ1) is 11.5. The second-order valence-corrected chi connectivity index (χ2v) is 6.64. The topological polar surface area (TPSA) is 55.3 Å². The number of hydrogen-bond donors (Lipinski definition) is 1. The van der Waals surface area contributed by atoms with Crippen LogP contribution in [0.3, 0.4) is 0 Å². The summed E-state index contributed by atoms with van der Waals surface area (Å²) in [6, 6.07) is 12.6. The molecule has 0 aliphatic carbocycles. The molecule has 0 atom stereocenters. The molecule has 0 saturated carbocycles. The van der Waals surface area contributed by atoms with Gasteiger partial charge in [-0.15, -0.1) is 0 Å². The summed E-state index contributed by atoms with van der Waals surface area (Å²) in [4.78, 5) is 0. The fourth-order valence-electron chi connectivity index (χ4n) is 2.06. The van der Waals surface area contributed by atoms with E-state index in [4.69, 9.17) is 23.8 Å². The van der Waals surface area contributed by atoms with Gasteiger partial charge in [0.25, 0.3) is 0 Å². The van der Waals surface area contributed by atoms with Gasteiger partial charge in [0.1, 0.15) is 12.1 Å². The first kappa shape index (κ1) is 16.9. The zero-order valence-electron chi connectivity index (χ0n) is 12.3. The van der Waals surface area contributed by atoms with Crippen LogP contribution in [0.5, 0.6) is 5.75 Å². The predicted octanol–water partition coefficient (Wildman–Crippen LogP) is 4.47. The van der Waals surface area contributed by atoms with Crippen LogP contribution in [0.2, 0.25) is 5.02 Å². The van der Waals surface area contributed by atoms with Crippen molar-refractivity contribution in [2.24, 2.45) is 5.10 Å². The summed E-state index contributed by atoms with van der Waals surface area (Å²) in [5.74, 6) is 0.136. The van der Waals surface area contributed by atoms with Crippen molar-refractivity contribution in [1.29, 1.82) is 0 Å². The Morgan fingerprint density at radius 3 is 2.88 bits per heavy atom. The van der Waals surface area contributed by atoms with Gasteiger partial charge in [0, 0.05) is 15.1 Å². The van der Waals surface area contributed by atoms with Crippen LogP contribution in [0.25, 0.3) is 0 Å². The third-order valence-electron chi connectivity index (χ3n) is 3.31. The molecule has 0 fully saturated rings. The highest BCUT2D eigenvalue weighted by molar-refractivity contribution is 9.10. The number of hydrogen-bond acceptors (Lipinski definition) is 4. The Kier molecular flexibility index (Phi) is 5.13. The lowest BCUT2D eigenvalue weighted by molar-refractivity contribution is 0.474. The minimum atomic E-state index is 0.136. The van der Waals surface area contributed by atoms with E-state index in [1.807, 2.05) is 24.3 Å². The standard InChI is InChI=1S/C16H12BrClN4OS/c17-13-5-6-15(23)12(7-13)8-19-22-10-20-21(16(22)24)9-11-3-1-2-4-14(11)18/h1-8,10,23H,9H2. The first-order valence-electron chi connectivity index (χ1n) is 6.95. The van der Waals surface area contributed by atoms with E-state index in [9.17, 15) is 5.11 Å². The normalized spacial score (nSPS) is 11.2. The van der Waals surface area contributed by atoms with E-state index in [0.29, 0.717) is 21.9 Å². The molecular formula is C16H12BrClN4OS. The molecule has 0 saturated heterocycles. The van der Waals surface area contributed by atoms with Gasteiger partial charge in [0.2, 0.25) is 4.77 Å². The van der Waals surface area contributed by atoms with Gasteiger partial charge < -0.3 is 5.11 Å². The van der Waals surface area contributed by atoms with Gasteiger partial charge in [-0.2, -0.15) is 14.9 Å². The highest BCUT2D eigenvalue weighted by Crippen LogP contribution is 2.20. The van der Waals surface area contributed by atoms with E-state index < -0.39 is 0 Å². The fraction of sp³-hybridized carbons (Fsp3) is 0.0625. The number of rotatable bonds is 4. The van der Waals surface area contributed by atoms with Crippen molar-refractivity contribution in [2.45, 2.75) is 6.54 Å². The number of nitrogens with zero attached hydrogens (tertiary/aromatic N) is 4. The maximum absolute atomic E-state index is 9.83. The van der Waals surface area contributed by atoms with Gasteiger partial charge in [0.05, 0.1) is 12.8 Å². The molecule has 0 aliphatic heterocycles. The maximum atomic E-state index is 9.83. The minimum absolute atomic E-state index is 0.136. The van der Waals surface area contributed by atoms with Crippen molar-refractivity contribution in [2.75, 3.05) is 0 Å². The van der Waals surface area contributed by atoms with E-state index in [0.717, 1.165) is 10.0 Å². The second kappa shape index (κ2) is 7.29. The first-order valence-corrected chi connectivity index (χ1v) is 8.53. The molecule has 122 valence electrons. The van der Waals surface area contributed by atoms with Crippen LogP contribution in [-0.4, -0.2) is 25.8 Å². The fourth-order valence-corrected chi connectivity index (χ4v) is 2.84. The van der Waals surface area contributed by atoms with Gasteiger partial charge in [-0.3, -0.25) is 0 Å². The van der Waals surface area contributed by atoms with Crippen molar-refractivity contribution >= 4 is 46.0 Å². The monoisotopic (exact) mass is 422 g/mol. The lowest BCUT2D eigenvalue weighted by Crippen LogP contribution is -2.03. The van der Waals surface area contributed by atoms with Gasteiger partial charge in [-0.1, -0.05) is 45.7 Å². The molecule has 1 heterocycles. The summed E-state index contributed by atoms with van der Waals surface area (Å²) < 4.78 is 4.38. The van der Waals surface area contributed by atoms with Crippen LogP contribution in [0.4, 0.5) is 0 Å². The van der Waals surface area contributed by atoms with E-state index in [1.165, 1.54) is 17.2 Å². The number of phenols is 1. The summed E-state index contributed by atoms with van der Waals surface area (Å²) in [5, 5.41) is 19.0. The second-order valence-electron chi connectivity index (χ2n) is 4.95. The summed E-state index contributed by atoms with van der Waals surface area (Å²) in [6.07, 6.45) is 3.04. The van der Waals surface area contributed by atoms with Crippen LogP contribution in [0.15, 0.2) is 58.4 Å². The molecular weight excluding hydrogens is 412 g/mol. The Morgan fingerprint density at radius 2 is 2.08 bits per heavy atom. The Hall–Kier alpha value is -1.96. The van der Waals surface area contributed by atoms with E-state index in [1.54, 1.807) is 22.9 Å². The summed E-state index contributed by atoms with van der Waals surface area (Å²) >= 11 is 14.9. The van der Waals surface area contributed by atoms with Crippen molar-refractivity contribution in [1.82, 2.24) is 14.5 Å². The van der Waals surface area contributed by atoms with Crippen LogP contribution < -0.4 is 0 Å². The minimum Gasteiger partial charge on any atom is -0.507 e. The molecule has 3 aromatic rings. The van der Waals surface area contributed by atoms with Gasteiger partial charge in [-0.05, 0) is 42.0 Å². The van der Waals surface area contributed by atoms with E-state index >= 15 is 0 Å². The number of aromatic nitrogens is 3. The molecule has 0 aliphatic rings. The predicted molar refractivity (Wildman–Crippen MR) is 100 cm³/mol. The Labute approximate surface area is 157 Å². The zero-order chi connectivity index (χ0) is 17.1. The maximum Gasteiger partial charge on any atom is 0.219 e. The molecule has 5 nitrogen and oxygen atoms in total. The number of benzene rings is 2. The van der Waals surface area contributed by atoms with Crippen molar-refractivity contribution in [3.05, 3.63) is 74.2 Å². The van der Waals surface area contributed by atoms with Crippen LogP contribution in [-0.2, 0) is 6.54 Å². The number of halogens is 2. The summed E-state index contributed by atoms with van der Waals surface area (Å²) in [6.45, 7) is 0.461. The highest BCUT2D eigenvalue weighted by Gasteiger charge is 2.05. The Bertz CT molecular complexity index is 967. The molecule has 0 bridgehead atoms. The third-order valence-corrected chi connectivity index (χ3v) is 4.57. The van der Waals surface area contributed by atoms with Gasteiger partial charge in [0.15, 0.2) is 0 Å². The smallest absolute Gasteiger partial charge is 0.219 e. The average Bonchev–Trinajstić information content (AvgIpc) is 2.91. The molecule has 0 unspecified atom stereocenters. The highest BCUT2D eigenvalue weighted by atomic mass is 79.9. The quantitative estimate of drug-likeness (QED) is 0.498. The Morgan fingerprint density at radius 1 is 1.29 bits per heavy atom. The molecule has 8 heteroatoms. The van der Waals surface area contributed by atoms with Gasteiger partial charge >= 0.3 is 0 Å². The third kappa shape index (κ3) is 3.75. The Balaban J connectivity index is 1.85. The molecule has 0 spiro atoms. The molecule has 24 heavy (non-hydrogen) atoms. The lowest BCUT2D eigenvalue weighted by Gasteiger charge is -2.03. The van der Waals surface area contributed by atoms with Crippen LogP contribution in [0, 0.1) is 4.77 Å². The molecule has 3 rings (SSSR count). The summed E-state index contributed by atoms with van der Waals surface area (Å²) in [7, 11) is 0. The van der Waals surface area contributed by atoms with E-state index in [-0.39, 0.29) is 5.75 Å². The molecule has 1 N–H and O–H groups in total. The lowest BCUT2D eigenvalue weighted by atomic mass is 10.2. The van der Waals surface area contributed by atoms with Crippen molar-refractivity contribution in [3.8, 4) is 5.75 Å². The van der Waals surface area contributed by atoms with Crippen molar-refractivity contribution in [3.63, 3.8) is 0 Å². The average molecular weight is 424 g/mol. The number of aromatic hydroxyl groups is 1. The molecule has 0 amide bonds. The molecule has 0 radical (unpaired) electrons. The largest absolute Gasteiger partial charge is 0.507 e. The van der Waals surface area contributed by atoms with E-state index in [2.05, 4.69) is 26.1 Å². The van der Waals surface area contributed by atoms with Gasteiger partial charge in [-0.25, -0.2) is 4.68 Å². The summed E-state index contributed by atoms with van der Waals surface area (Å²) in [5.41, 5.74) is 1.50. The molecule has 1 aromatic heterocycles.